The first kappa shape index (κ1) is 17.8. The van der Waals surface area contributed by atoms with Gasteiger partial charge in [0.1, 0.15) is 17.4 Å². The molecule has 124 valence electrons. The van der Waals surface area contributed by atoms with Crippen LogP contribution in [0.25, 0.3) is 0 Å². The highest BCUT2D eigenvalue weighted by Gasteiger charge is 2.11. The Kier molecular flexibility index (Phi) is 5.79. The van der Waals surface area contributed by atoms with Crippen molar-refractivity contribution in [2.75, 3.05) is 17.7 Å². The van der Waals surface area contributed by atoms with Crippen molar-refractivity contribution in [2.45, 2.75) is 13.8 Å². The topological polar surface area (TPSA) is 87.0 Å². The van der Waals surface area contributed by atoms with Gasteiger partial charge in [0.15, 0.2) is 5.13 Å². The number of hydrogen-bond donors (Lipinski definition) is 2. The minimum atomic E-state index is -0.545. The third kappa shape index (κ3) is 4.25. The molecule has 2 N–H and O–H groups in total. The number of aryl methyl sites for hydroxylation is 2. The number of carbonyl (C=O) groups is 1. The smallest absolute Gasteiger partial charge is 0.267 e. The van der Waals surface area contributed by atoms with Gasteiger partial charge in [-0.15, -0.1) is 11.3 Å². The fraction of sp³-hybridized carbons (Fsp3) is 0.188. The van der Waals surface area contributed by atoms with E-state index < -0.39 is 5.91 Å². The first-order valence-electron chi connectivity index (χ1n) is 6.90. The van der Waals surface area contributed by atoms with Gasteiger partial charge in [-0.25, -0.2) is 4.98 Å². The number of amides is 1. The van der Waals surface area contributed by atoms with Gasteiger partial charge in [-0.1, -0.05) is 11.6 Å². The molecular formula is C16H15ClN4O2S. The molecule has 0 atom stereocenters. The standard InChI is InChI=1S/C16H15ClN4O2S/c1-9-10(2)24-16(20-9)19-8-11(7-18)15(22)21-12-4-5-14(23-3)13(17)6-12/h4-6,8H,1-3H3,(H,19,20)(H,21,22)/b11-8-. The number of thiazole rings is 1. The number of hydrogen-bond acceptors (Lipinski definition) is 6. The third-order valence-corrected chi connectivity index (χ3v) is 4.44. The zero-order chi connectivity index (χ0) is 17.7. The Bertz CT molecular complexity index is 820. The largest absolute Gasteiger partial charge is 0.495 e. The van der Waals surface area contributed by atoms with Gasteiger partial charge in [0.25, 0.3) is 5.91 Å². The summed E-state index contributed by atoms with van der Waals surface area (Å²) in [6, 6.07) is 6.68. The summed E-state index contributed by atoms with van der Waals surface area (Å²) < 4.78 is 5.05. The molecule has 0 spiro atoms. The summed E-state index contributed by atoms with van der Waals surface area (Å²) in [6.07, 6.45) is 1.33. The fourth-order valence-corrected chi connectivity index (χ4v) is 2.80. The van der Waals surface area contributed by atoms with Gasteiger partial charge in [0.2, 0.25) is 0 Å². The van der Waals surface area contributed by atoms with Crippen molar-refractivity contribution < 1.29 is 9.53 Å². The van der Waals surface area contributed by atoms with Gasteiger partial charge in [-0.3, -0.25) is 4.79 Å². The predicted molar refractivity (Wildman–Crippen MR) is 95.5 cm³/mol. The molecule has 1 amide bonds. The number of nitrogens with zero attached hydrogens (tertiary/aromatic N) is 2. The van der Waals surface area contributed by atoms with Crippen LogP contribution in [0.5, 0.6) is 5.75 Å². The Labute approximate surface area is 148 Å². The molecule has 24 heavy (non-hydrogen) atoms. The zero-order valence-electron chi connectivity index (χ0n) is 13.3. The van der Waals surface area contributed by atoms with E-state index in [0.29, 0.717) is 21.6 Å². The predicted octanol–water partition coefficient (Wildman–Crippen LogP) is 3.88. The molecule has 0 unspecified atom stereocenters. The SMILES string of the molecule is COc1ccc(NC(=O)/C(C#N)=C\Nc2nc(C)c(C)s2)cc1Cl. The van der Waals surface area contributed by atoms with E-state index in [4.69, 9.17) is 21.6 Å². The molecule has 1 aromatic heterocycles. The number of nitriles is 1. The molecule has 2 aromatic rings. The third-order valence-electron chi connectivity index (χ3n) is 3.14. The van der Waals surface area contributed by atoms with Crippen LogP contribution in [0.15, 0.2) is 30.0 Å². The van der Waals surface area contributed by atoms with Crippen LogP contribution in [0.1, 0.15) is 10.6 Å². The number of carbonyl (C=O) groups excluding carboxylic acids is 1. The number of anilines is 2. The minimum Gasteiger partial charge on any atom is -0.495 e. The molecule has 0 saturated heterocycles. The molecule has 6 nitrogen and oxygen atoms in total. The Hall–Kier alpha value is -2.56. The Morgan fingerprint density at radius 1 is 1.46 bits per heavy atom. The van der Waals surface area contributed by atoms with Crippen LogP contribution in [0.3, 0.4) is 0 Å². The monoisotopic (exact) mass is 362 g/mol. The number of benzene rings is 1. The van der Waals surface area contributed by atoms with Crippen molar-refractivity contribution in [3.8, 4) is 11.8 Å². The first-order chi connectivity index (χ1) is 11.4. The van der Waals surface area contributed by atoms with Crippen molar-refractivity contribution >= 4 is 39.7 Å². The second-order valence-electron chi connectivity index (χ2n) is 4.78. The Balaban J connectivity index is 2.09. The van der Waals surface area contributed by atoms with Gasteiger partial charge >= 0.3 is 0 Å². The first-order valence-corrected chi connectivity index (χ1v) is 8.09. The van der Waals surface area contributed by atoms with E-state index in [1.165, 1.54) is 24.6 Å². The van der Waals surface area contributed by atoms with Crippen molar-refractivity contribution in [3.63, 3.8) is 0 Å². The van der Waals surface area contributed by atoms with Gasteiger partial charge in [-0.05, 0) is 32.0 Å². The molecule has 0 fully saturated rings. The average Bonchev–Trinajstić information content (AvgIpc) is 2.86. The molecule has 0 saturated carbocycles. The molecule has 1 aromatic carbocycles. The zero-order valence-corrected chi connectivity index (χ0v) is 14.9. The number of methoxy groups -OCH3 is 1. The van der Waals surface area contributed by atoms with Crippen LogP contribution in [0, 0.1) is 25.2 Å². The number of halogens is 1. The van der Waals surface area contributed by atoms with Crippen LogP contribution in [0.2, 0.25) is 5.02 Å². The molecule has 8 heteroatoms. The number of nitrogens with one attached hydrogen (secondary N) is 2. The summed E-state index contributed by atoms with van der Waals surface area (Å²) >= 11 is 7.46. The van der Waals surface area contributed by atoms with E-state index in [2.05, 4.69) is 15.6 Å². The summed E-state index contributed by atoms with van der Waals surface area (Å²) in [5.74, 6) is -0.0434. The molecule has 0 aliphatic rings. The van der Waals surface area contributed by atoms with Crippen molar-refractivity contribution in [1.29, 1.82) is 5.26 Å². The average molecular weight is 363 g/mol. The summed E-state index contributed by atoms with van der Waals surface area (Å²) in [6.45, 7) is 3.85. The molecule has 1 heterocycles. The summed E-state index contributed by atoms with van der Waals surface area (Å²) in [4.78, 5) is 17.5. The van der Waals surface area contributed by atoms with Gasteiger partial charge < -0.3 is 15.4 Å². The molecule has 0 aliphatic carbocycles. The van der Waals surface area contributed by atoms with E-state index in [-0.39, 0.29) is 5.57 Å². The molecule has 0 aliphatic heterocycles. The quantitative estimate of drug-likeness (QED) is 0.622. The summed E-state index contributed by atoms with van der Waals surface area (Å²) in [5.41, 5.74) is 1.30. The van der Waals surface area contributed by atoms with E-state index >= 15 is 0 Å². The minimum absolute atomic E-state index is 0.0764. The number of rotatable bonds is 5. The summed E-state index contributed by atoms with van der Waals surface area (Å²) in [7, 11) is 1.50. The van der Waals surface area contributed by atoms with Crippen LogP contribution >= 0.6 is 22.9 Å². The van der Waals surface area contributed by atoms with Crippen LogP contribution in [-0.2, 0) is 4.79 Å². The lowest BCUT2D eigenvalue weighted by molar-refractivity contribution is -0.112. The van der Waals surface area contributed by atoms with Gasteiger partial charge in [0, 0.05) is 16.8 Å². The number of aromatic nitrogens is 1. The summed E-state index contributed by atoms with van der Waals surface area (Å²) in [5, 5.41) is 15.6. The van der Waals surface area contributed by atoms with Crippen molar-refractivity contribution in [2.24, 2.45) is 0 Å². The van der Waals surface area contributed by atoms with E-state index in [1.54, 1.807) is 18.2 Å². The maximum Gasteiger partial charge on any atom is 0.267 e. The van der Waals surface area contributed by atoms with Crippen LogP contribution in [-0.4, -0.2) is 18.0 Å². The Morgan fingerprint density at radius 2 is 2.21 bits per heavy atom. The highest BCUT2D eigenvalue weighted by molar-refractivity contribution is 7.15. The lowest BCUT2D eigenvalue weighted by Crippen LogP contribution is -2.14. The van der Waals surface area contributed by atoms with Crippen molar-refractivity contribution in [1.82, 2.24) is 4.98 Å². The molecule has 0 bridgehead atoms. The van der Waals surface area contributed by atoms with E-state index in [9.17, 15) is 4.79 Å². The normalized spacial score (nSPS) is 10.9. The fourth-order valence-electron chi connectivity index (χ4n) is 1.76. The van der Waals surface area contributed by atoms with E-state index in [1.807, 2.05) is 19.9 Å². The highest BCUT2D eigenvalue weighted by Crippen LogP contribution is 2.27. The lowest BCUT2D eigenvalue weighted by atomic mass is 10.2. The second-order valence-corrected chi connectivity index (χ2v) is 6.39. The van der Waals surface area contributed by atoms with Crippen LogP contribution in [0.4, 0.5) is 10.8 Å². The Morgan fingerprint density at radius 3 is 2.75 bits per heavy atom. The maximum atomic E-state index is 12.2. The maximum absolute atomic E-state index is 12.2. The molecular weight excluding hydrogens is 348 g/mol. The molecule has 2 rings (SSSR count). The van der Waals surface area contributed by atoms with Gasteiger partial charge in [0.05, 0.1) is 17.8 Å². The highest BCUT2D eigenvalue weighted by atomic mass is 35.5. The second kappa shape index (κ2) is 7.81. The van der Waals surface area contributed by atoms with E-state index in [0.717, 1.165) is 10.6 Å². The van der Waals surface area contributed by atoms with Crippen molar-refractivity contribution in [3.05, 3.63) is 45.6 Å². The lowest BCUT2D eigenvalue weighted by Gasteiger charge is -2.07. The van der Waals surface area contributed by atoms with Gasteiger partial charge in [-0.2, -0.15) is 5.26 Å². The molecule has 0 radical (unpaired) electrons. The number of ether oxygens (including phenoxy) is 1. The van der Waals surface area contributed by atoms with Crippen LogP contribution < -0.4 is 15.4 Å².